The minimum atomic E-state index is -0.617. The molecule has 3 N–H and O–H groups in total. The number of rotatable bonds is 9. The Morgan fingerprint density at radius 2 is 1.81 bits per heavy atom. The van der Waals surface area contributed by atoms with Gasteiger partial charge in [0.15, 0.2) is 18.1 Å². The smallest absolute Gasteiger partial charge is 0.255 e. The summed E-state index contributed by atoms with van der Waals surface area (Å²) in [5, 5.41) is 11.8. The number of nitrogens with one attached hydrogen (secondary N) is 1. The molecule has 32 heavy (non-hydrogen) atoms. The molecule has 0 heterocycles. The molecule has 0 saturated carbocycles. The highest BCUT2D eigenvalue weighted by Crippen LogP contribution is 2.28. The molecule has 3 aromatic carbocycles. The van der Waals surface area contributed by atoms with Gasteiger partial charge in [-0.15, -0.1) is 0 Å². The number of methoxy groups -OCH3 is 1. The van der Waals surface area contributed by atoms with Gasteiger partial charge in [-0.25, -0.2) is 0 Å². The minimum Gasteiger partial charge on any atom is -0.493 e. The lowest BCUT2D eigenvalue weighted by Gasteiger charge is -2.12. The Kier molecular flexibility index (Phi) is 7.28. The quantitative estimate of drug-likeness (QED) is 0.536. The number of hydrogen-bond donors (Lipinski definition) is 2. The Hall–Kier alpha value is -4.51. The molecule has 0 aliphatic rings. The summed E-state index contributed by atoms with van der Waals surface area (Å²) in [6.07, 6.45) is 0. The average Bonchev–Trinajstić information content (AvgIpc) is 2.81. The fourth-order valence-electron chi connectivity index (χ4n) is 2.84. The predicted molar refractivity (Wildman–Crippen MR) is 118 cm³/mol. The maximum atomic E-state index is 12.7. The monoisotopic (exact) mass is 431 g/mol. The van der Waals surface area contributed by atoms with Crippen LogP contribution in [0.4, 0.5) is 5.69 Å². The first kappa shape index (κ1) is 22.2. The first-order valence-electron chi connectivity index (χ1n) is 9.61. The van der Waals surface area contributed by atoms with Crippen molar-refractivity contribution in [1.82, 2.24) is 0 Å². The second kappa shape index (κ2) is 10.5. The topological polar surface area (TPSA) is 124 Å². The molecule has 0 atom stereocenters. The second-order valence-corrected chi connectivity index (χ2v) is 6.70. The molecular weight excluding hydrogens is 410 g/mol. The van der Waals surface area contributed by atoms with Gasteiger partial charge in [0.05, 0.1) is 18.7 Å². The molecule has 162 valence electrons. The number of carbonyl (C=O) groups excluding carboxylic acids is 2. The van der Waals surface area contributed by atoms with Crippen molar-refractivity contribution in [2.24, 2.45) is 5.73 Å². The molecular formula is C24H21N3O5. The number of hydrogen-bond acceptors (Lipinski definition) is 6. The highest BCUT2D eigenvalue weighted by atomic mass is 16.5. The fourth-order valence-corrected chi connectivity index (χ4v) is 2.84. The molecule has 0 unspecified atom stereocenters. The van der Waals surface area contributed by atoms with Crippen molar-refractivity contribution in [3.05, 3.63) is 83.4 Å². The van der Waals surface area contributed by atoms with Crippen molar-refractivity contribution in [2.75, 3.05) is 19.0 Å². The zero-order valence-electron chi connectivity index (χ0n) is 17.3. The molecule has 0 fully saturated rings. The van der Waals surface area contributed by atoms with E-state index >= 15 is 0 Å². The average molecular weight is 431 g/mol. The van der Waals surface area contributed by atoms with E-state index in [0.29, 0.717) is 34.1 Å². The summed E-state index contributed by atoms with van der Waals surface area (Å²) >= 11 is 0. The van der Waals surface area contributed by atoms with Crippen LogP contribution in [0.2, 0.25) is 0 Å². The maximum Gasteiger partial charge on any atom is 0.255 e. The zero-order valence-corrected chi connectivity index (χ0v) is 17.3. The lowest BCUT2D eigenvalue weighted by Crippen LogP contribution is -2.20. The van der Waals surface area contributed by atoms with Gasteiger partial charge in [-0.2, -0.15) is 5.26 Å². The SMILES string of the molecule is COc1cc(C(=O)Nc2cccc(OCc3cccc(C#N)c3)c2)ccc1OCC(N)=O. The van der Waals surface area contributed by atoms with Gasteiger partial charge in [0, 0.05) is 17.3 Å². The third kappa shape index (κ3) is 6.00. The first-order chi connectivity index (χ1) is 15.5. The number of anilines is 1. The number of nitrogens with two attached hydrogens (primary N) is 1. The molecule has 0 radical (unpaired) electrons. The van der Waals surface area contributed by atoms with Crippen LogP contribution in [-0.4, -0.2) is 25.5 Å². The Labute approximate surface area is 185 Å². The van der Waals surface area contributed by atoms with Gasteiger partial charge in [-0.1, -0.05) is 18.2 Å². The van der Waals surface area contributed by atoms with Crippen molar-refractivity contribution < 1.29 is 23.8 Å². The third-order valence-corrected chi connectivity index (χ3v) is 4.35. The third-order valence-electron chi connectivity index (χ3n) is 4.35. The number of carbonyl (C=O) groups is 2. The van der Waals surface area contributed by atoms with Crippen molar-refractivity contribution in [1.29, 1.82) is 5.26 Å². The van der Waals surface area contributed by atoms with Crippen LogP contribution in [0.15, 0.2) is 66.7 Å². The molecule has 8 heteroatoms. The minimum absolute atomic E-state index is 0.289. The summed E-state index contributed by atoms with van der Waals surface area (Å²) < 4.78 is 16.3. The van der Waals surface area contributed by atoms with Crippen molar-refractivity contribution in [2.45, 2.75) is 6.61 Å². The van der Waals surface area contributed by atoms with Crippen molar-refractivity contribution in [3.63, 3.8) is 0 Å². The zero-order chi connectivity index (χ0) is 22.9. The molecule has 8 nitrogen and oxygen atoms in total. The van der Waals surface area contributed by atoms with Crippen LogP contribution >= 0.6 is 0 Å². The summed E-state index contributed by atoms with van der Waals surface area (Å²) in [6.45, 7) is -0.00755. The largest absolute Gasteiger partial charge is 0.493 e. The number of amides is 2. The van der Waals surface area contributed by atoms with Crippen LogP contribution in [0.5, 0.6) is 17.2 Å². The number of ether oxygens (including phenoxy) is 3. The van der Waals surface area contributed by atoms with E-state index in [4.69, 9.17) is 25.2 Å². The first-order valence-corrected chi connectivity index (χ1v) is 9.61. The van der Waals surface area contributed by atoms with Gasteiger partial charge in [-0.05, 0) is 48.0 Å². The number of nitriles is 1. The van der Waals surface area contributed by atoms with Crippen LogP contribution in [0.25, 0.3) is 0 Å². The van der Waals surface area contributed by atoms with E-state index in [9.17, 15) is 9.59 Å². The standard InChI is InChI=1S/C24H21N3O5/c1-30-22-11-18(8-9-21(22)32-15-23(26)28)24(29)27-19-6-3-7-20(12-19)31-14-17-5-2-4-16(10-17)13-25/h2-12H,14-15H2,1H3,(H2,26,28)(H,27,29). The molecule has 0 aliphatic heterocycles. The fraction of sp³-hybridized carbons (Fsp3) is 0.125. The molecule has 0 saturated heterocycles. The van der Waals surface area contributed by atoms with Gasteiger partial charge in [0.2, 0.25) is 0 Å². The molecule has 3 rings (SSSR count). The Balaban J connectivity index is 1.66. The van der Waals surface area contributed by atoms with E-state index in [-0.39, 0.29) is 19.1 Å². The Morgan fingerprint density at radius 1 is 1.00 bits per heavy atom. The van der Waals surface area contributed by atoms with Crippen molar-refractivity contribution in [3.8, 4) is 23.3 Å². The van der Waals surface area contributed by atoms with Crippen LogP contribution in [-0.2, 0) is 11.4 Å². The molecule has 3 aromatic rings. The van der Waals surface area contributed by atoms with E-state index in [0.717, 1.165) is 5.56 Å². The normalized spacial score (nSPS) is 10.0. The van der Waals surface area contributed by atoms with Crippen LogP contribution < -0.4 is 25.3 Å². The number of benzene rings is 3. The predicted octanol–water partition coefficient (Wildman–Crippen LogP) is 3.26. The molecule has 0 aromatic heterocycles. The maximum absolute atomic E-state index is 12.7. The Bertz CT molecular complexity index is 1170. The summed E-state index contributed by atoms with van der Waals surface area (Å²) in [4.78, 5) is 23.6. The van der Waals surface area contributed by atoms with E-state index in [1.165, 1.54) is 19.2 Å². The summed E-state index contributed by atoms with van der Waals surface area (Å²) in [5.41, 5.74) is 7.40. The highest BCUT2D eigenvalue weighted by Gasteiger charge is 2.13. The molecule has 0 aliphatic carbocycles. The van der Waals surface area contributed by atoms with Gasteiger partial charge in [0.1, 0.15) is 12.4 Å². The van der Waals surface area contributed by atoms with E-state index in [1.54, 1.807) is 48.5 Å². The van der Waals surface area contributed by atoms with E-state index in [1.807, 2.05) is 6.07 Å². The molecule has 0 spiro atoms. The Morgan fingerprint density at radius 3 is 2.56 bits per heavy atom. The van der Waals surface area contributed by atoms with Gasteiger partial charge in [-0.3, -0.25) is 9.59 Å². The van der Waals surface area contributed by atoms with Crippen LogP contribution in [0.3, 0.4) is 0 Å². The van der Waals surface area contributed by atoms with Gasteiger partial charge < -0.3 is 25.3 Å². The van der Waals surface area contributed by atoms with Crippen molar-refractivity contribution >= 4 is 17.5 Å². The van der Waals surface area contributed by atoms with Gasteiger partial charge in [0.25, 0.3) is 11.8 Å². The highest BCUT2D eigenvalue weighted by molar-refractivity contribution is 6.04. The summed E-state index contributed by atoms with van der Waals surface area (Å²) in [6, 6.07) is 20.8. The lowest BCUT2D eigenvalue weighted by atomic mass is 10.1. The second-order valence-electron chi connectivity index (χ2n) is 6.70. The number of primary amides is 1. The summed E-state index contributed by atoms with van der Waals surface area (Å²) in [5.74, 6) is 0.199. The van der Waals surface area contributed by atoms with E-state index < -0.39 is 5.91 Å². The van der Waals surface area contributed by atoms with Crippen LogP contribution in [0, 0.1) is 11.3 Å². The lowest BCUT2D eigenvalue weighted by molar-refractivity contribution is -0.119. The summed E-state index contributed by atoms with van der Waals surface area (Å²) in [7, 11) is 1.43. The molecule has 2 amide bonds. The van der Waals surface area contributed by atoms with Gasteiger partial charge >= 0.3 is 0 Å². The van der Waals surface area contributed by atoms with Crippen LogP contribution in [0.1, 0.15) is 21.5 Å². The molecule has 0 bridgehead atoms. The van der Waals surface area contributed by atoms with E-state index in [2.05, 4.69) is 11.4 Å². The number of nitrogens with zero attached hydrogens (tertiary/aromatic N) is 1.